The Morgan fingerprint density at radius 1 is 1.25 bits per heavy atom. The molecule has 4 rings (SSSR count). The first-order valence-corrected chi connectivity index (χ1v) is 12.5. The first-order valence-electron chi connectivity index (χ1n) is 11.7. The van der Waals surface area contributed by atoms with Crippen molar-refractivity contribution >= 4 is 40.1 Å². The number of para-hydroxylation sites is 2. The molecule has 0 saturated carbocycles. The zero-order valence-electron chi connectivity index (χ0n) is 20.3. The molecule has 188 valence electrons. The number of nitrogens with one attached hydrogen (secondary N) is 1. The summed E-state index contributed by atoms with van der Waals surface area (Å²) in [5, 5.41) is 12.4. The SMILES string of the molecule is CC(C)(C)C=C(C#N)C(=O)N1CCC[C@@H](n2c(NC(=O)c3ccc(C(F)F)s3)nc3ccccc32)C1. The van der Waals surface area contributed by atoms with Crippen LogP contribution in [0.4, 0.5) is 14.7 Å². The maximum Gasteiger partial charge on any atom is 0.272 e. The summed E-state index contributed by atoms with van der Waals surface area (Å²) in [6, 6.07) is 11.9. The predicted molar refractivity (Wildman–Crippen MR) is 135 cm³/mol. The summed E-state index contributed by atoms with van der Waals surface area (Å²) in [5.41, 5.74) is 1.25. The average Bonchev–Trinajstić information content (AvgIpc) is 3.47. The van der Waals surface area contributed by atoms with Gasteiger partial charge in [0.1, 0.15) is 11.6 Å². The Morgan fingerprint density at radius 3 is 2.67 bits per heavy atom. The zero-order chi connectivity index (χ0) is 26.0. The Hall–Kier alpha value is -3.58. The number of halogens is 2. The fraction of sp³-hybridized carbons (Fsp3) is 0.385. The Bertz CT molecular complexity index is 1360. The van der Waals surface area contributed by atoms with Crippen molar-refractivity contribution in [2.75, 3.05) is 18.4 Å². The summed E-state index contributed by atoms with van der Waals surface area (Å²) in [4.78, 5) is 32.3. The van der Waals surface area contributed by atoms with E-state index in [9.17, 15) is 23.6 Å². The van der Waals surface area contributed by atoms with Gasteiger partial charge in [-0.3, -0.25) is 14.9 Å². The lowest BCUT2D eigenvalue weighted by molar-refractivity contribution is -0.128. The summed E-state index contributed by atoms with van der Waals surface area (Å²) >= 11 is 0.742. The van der Waals surface area contributed by atoms with Gasteiger partial charge in [0.2, 0.25) is 5.95 Å². The molecule has 2 aromatic heterocycles. The minimum Gasteiger partial charge on any atom is -0.336 e. The molecular formula is C26H27F2N5O2S. The van der Waals surface area contributed by atoms with Gasteiger partial charge in [0, 0.05) is 13.1 Å². The van der Waals surface area contributed by atoms with Crippen molar-refractivity contribution in [1.29, 1.82) is 5.26 Å². The minimum atomic E-state index is -2.64. The van der Waals surface area contributed by atoms with Crippen molar-refractivity contribution in [3.63, 3.8) is 0 Å². The van der Waals surface area contributed by atoms with Crippen LogP contribution in [0.25, 0.3) is 11.0 Å². The van der Waals surface area contributed by atoms with E-state index in [0.717, 1.165) is 23.3 Å². The third kappa shape index (κ3) is 5.46. The Labute approximate surface area is 212 Å². The molecule has 1 fully saturated rings. The Balaban J connectivity index is 1.64. The van der Waals surface area contributed by atoms with E-state index in [0.29, 0.717) is 31.0 Å². The molecule has 7 nitrogen and oxygen atoms in total. The van der Waals surface area contributed by atoms with Crippen LogP contribution in [0.5, 0.6) is 0 Å². The highest BCUT2D eigenvalue weighted by atomic mass is 32.1. The van der Waals surface area contributed by atoms with E-state index in [-0.39, 0.29) is 32.7 Å². The second-order valence-electron chi connectivity index (χ2n) is 9.83. The summed E-state index contributed by atoms with van der Waals surface area (Å²) < 4.78 is 27.9. The second-order valence-corrected chi connectivity index (χ2v) is 10.9. The van der Waals surface area contributed by atoms with E-state index in [1.807, 2.05) is 55.7 Å². The number of carbonyl (C=O) groups excluding carboxylic acids is 2. The number of piperidine rings is 1. The van der Waals surface area contributed by atoms with Crippen molar-refractivity contribution in [1.82, 2.24) is 14.5 Å². The molecule has 3 aromatic rings. The topological polar surface area (TPSA) is 91.0 Å². The molecule has 10 heteroatoms. The van der Waals surface area contributed by atoms with Crippen LogP contribution in [-0.4, -0.2) is 39.4 Å². The lowest BCUT2D eigenvalue weighted by Crippen LogP contribution is -2.41. The number of amides is 2. The molecule has 0 unspecified atom stereocenters. The smallest absolute Gasteiger partial charge is 0.272 e. The van der Waals surface area contributed by atoms with Crippen molar-refractivity contribution in [3.8, 4) is 6.07 Å². The van der Waals surface area contributed by atoms with Crippen LogP contribution < -0.4 is 5.32 Å². The number of carbonyl (C=O) groups is 2. The molecule has 2 amide bonds. The van der Waals surface area contributed by atoms with Gasteiger partial charge >= 0.3 is 0 Å². The number of aromatic nitrogens is 2. The van der Waals surface area contributed by atoms with Crippen LogP contribution in [0.2, 0.25) is 0 Å². The van der Waals surface area contributed by atoms with Crippen molar-refractivity contribution in [2.45, 2.75) is 46.1 Å². The maximum atomic E-state index is 13.2. The fourth-order valence-electron chi connectivity index (χ4n) is 4.35. The number of rotatable bonds is 5. The molecule has 1 aromatic carbocycles. The molecule has 1 atom stereocenters. The highest BCUT2D eigenvalue weighted by molar-refractivity contribution is 7.14. The van der Waals surface area contributed by atoms with E-state index < -0.39 is 12.3 Å². The Morgan fingerprint density at radius 2 is 2.00 bits per heavy atom. The van der Waals surface area contributed by atoms with Gasteiger partial charge in [-0.1, -0.05) is 39.0 Å². The van der Waals surface area contributed by atoms with Gasteiger partial charge in [0.15, 0.2) is 0 Å². The number of nitrogens with zero attached hydrogens (tertiary/aromatic N) is 4. The lowest BCUT2D eigenvalue weighted by atomic mass is 9.93. The normalized spacial score (nSPS) is 16.9. The van der Waals surface area contributed by atoms with Crippen molar-refractivity contribution in [3.05, 3.63) is 57.8 Å². The van der Waals surface area contributed by atoms with Gasteiger partial charge in [-0.2, -0.15) is 5.26 Å². The van der Waals surface area contributed by atoms with E-state index in [1.165, 1.54) is 12.1 Å². The predicted octanol–water partition coefficient (Wildman–Crippen LogP) is 5.95. The number of allylic oxidation sites excluding steroid dienone is 1. The molecule has 1 N–H and O–H groups in total. The number of alkyl halides is 2. The van der Waals surface area contributed by atoms with Crippen molar-refractivity contribution in [2.24, 2.45) is 5.41 Å². The number of hydrogen-bond acceptors (Lipinski definition) is 5. The number of thiophene rings is 1. The van der Waals surface area contributed by atoms with Gasteiger partial charge in [-0.25, -0.2) is 13.8 Å². The highest BCUT2D eigenvalue weighted by Gasteiger charge is 2.30. The molecule has 1 saturated heterocycles. The number of imidazole rings is 1. The summed E-state index contributed by atoms with van der Waals surface area (Å²) in [5.74, 6) is -0.546. The summed E-state index contributed by atoms with van der Waals surface area (Å²) in [6.45, 7) is 6.67. The quantitative estimate of drug-likeness (QED) is 0.339. The third-order valence-electron chi connectivity index (χ3n) is 5.86. The van der Waals surface area contributed by atoms with Crippen LogP contribution in [0.3, 0.4) is 0 Å². The third-order valence-corrected chi connectivity index (χ3v) is 6.96. The largest absolute Gasteiger partial charge is 0.336 e. The number of benzene rings is 1. The number of fused-ring (bicyclic) bond motifs is 1. The van der Waals surface area contributed by atoms with Crippen LogP contribution in [-0.2, 0) is 4.79 Å². The number of hydrogen-bond donors (Lipinski definition) is 1. The van der Waals surface area contributed by atoms with Crippen LogP contribution in [0.15, 0.2) is 48.0 Å². The van der Waals surface area contributed by atoms with Gasteiger partial charge in [-0.05, 0) is 42.5 Å². The molecule has 3 heterocycles. The summed E-state index contributed by atoms with van der Waals surface area (Å²) in [6.07, 6.45) is 0.503. The molecule has 36 heavy (non-hydrogen) atoms. The van der Waals surface area contributed by atoms with Crippen LogP contribution >= 0.6 is 11.3 Å². The molecule has 1 aliphatic rings. The molecule has 0 aliphatic carbocycles. The lowest BCUT2D eigenvalue weighted by Gasteiger charge is -2.34. The number of likely N-dealkylation sites (tertiary alicyclic amines) is 1. The fourth-order valence-corrected chi connectivity index (χ4v) is 5.11. The molecule has 1 aliphatic heterocycles. The maximum absolute atomic E-state index is 13.2. The molecule has 0 radical (unpaired) electrons. The molecular weight excluding hydrogens is 484 g/mol. The monoisotopic (exact) mass is 511 g/mol. The average molecular weight is 512 g/mol. The number of anilines is 1. The van der Waals surface area contributed by atoms with Gasteiger partial charge in [-0.15, -0.1) is 11.3 Å². The first-order chi connectivity index (χ1) is 17.1. The van der Waals surface area contributed by atoms with E-state index in [1.54, 1.807) is 11.0 Å². The molecule has 0 bridgehead atoms. The first kappa shape index (κ1) is 25.5. The van der Waals surface area contributed by atoms with E-state index in [4.69, 9.17) is 0 Å². The van der Waals surface area contributed by atoms with E-state index >= 15 is 0 Å². The highest BCUT2D eigenvalue weighted by Crippen LogP contribution is 2.32. The van der Waals surface area contributed by atoms with Crippen molar-refractivity contribution < 1.29 is 18.4 Å². The van der Waals surface area contributed by atoms with E-state index in [2.05, 4.69) is 10.3 Å². The van der Waals surface area contributed by atoms with Crippen LogP contribution in [0.1, 0.15) is 60.6 Å². The van der Waals surface area contributed by atoms with Crippen LogP contribution in [0, 0.1) is 16.7 Å². The minimum absolute atomic E-state index is 0.111. The Kier molecular flexibility index (Phi) is 7.22. The second kappa shape index (κ2) is 10.2. The summed E-state index contributed by atoms with van der Waals surface area (Å²) in [7, 11) is 0. The molecule has 0 spiro atoms. The number of nitriles is 1. The van der Waals surface area contributed by atoms with Gasteiger partial charge in [0.05, 0.1) is 26.8 Å². The standard InChI is InChI=1S/C26H27F2N5O2S/c1-26(2,3)13-16(14-29)24(35)32-12-6-7-17(15-32)33-19-9-5-4-8-18(19)30-25(33)31-23(34)21-11-10-20(36-21)22(27)28/h4-5,8-11,13,17,22H,6-7,12,15H2,1-3H3,(H,30,31,34)/t17-/m1/s1. The van der Waals surface area contributed by atoms with Gasteiger partial charge < -0.3 is 9.47 Å². The van der Waals surface area contributed by atoms with Gasteiger partial charge in [0.25, 0.3) is 18.2 Å². The zero-order valence-corrected chi connectivity index (χ0v) is 21.1.